The van der Waals surface area contributed by atoms with Crippen molar-refractivity contribution in [2.24, 2.45) is 11.8 Å². The smallest absolute Gasteiger partial charge is 0.118 e. The van der Waals surface area contributed by atoms with Gasteiger partial charge < -0.3 is 4.74 Å². The van der Waals surface area contributed by atoms with Gasteiger partial charge in [-0.25, -0.2) is 0 Å². The molecule has 0 radical (unpaired) electrons. The molecule has 0 saturated carbocycles. The van der Waals surface area contributed by atoms with Gasteiger partial charge in [-0.3, -0.25) is 11.3 Å². The summed E-state index contributed by atoms with van der Waals surface area (Å²) in [6.45, 7) is 4.53. The second-order valence-corrected chi connectivity index (χ2v) is 5.57. The number of hydrazine groups is 1. The van der Waals surface area contributed by atoms with Crippen molar-refractivity contribution in [1.82, 2.24) is 5.43 Å². The molecule has 3 nitrogen and oxygen atoms in total. The quantitative estimate of drug-likeness (QED) is 0.507. The minimum absolute atomic E-state index is 0.352. The second-order valence-electron chi connectivity index (χ2n) is 5.57. The number of rotatable bonds is 10. The van der Waals surface area contributed by atoms with Crippen molar-refractivity contribution >= 4 is 0 Å². The summed E-state index contributed by atoms with van der Waals surface area (Å²) in [6.07, 6.45) is 7.27. The zero-order chi connectivity index (χ0) is 14.8. The Labute approximate surface area is 123 Å². The predicted octanol–water partition coefficient (Wildman–Crippen LogP) is 3.68. The highest BCUT2D eigenvalue weighted by atomic mass is 16.5. The molecule has 20 heavy (non-hydrogen) atoms. The average molecular weight is 278 g/mol. The number of ether oxygens (including phenoxy) is 1. The lowest BCUT2D eigenvalue weighted by Gasteiger charge is -2.22. The molecular formula is C17H30N2O. The van der Waals surface area contributed by atoms with E-state index >= 15 is 0 Å². The van der Waals surface area contributed by atoms with E-state index in [9.17, 15) is 0 Å². The van der Waals surface area contributed by atoms with E-state index in [1.54, 1.807) is 7.11 Å². The zero-order valence-corrected chi connectivity index (χ0v) is 13.2. The van der Waals surface area contributed by atoms with Crippen LogP contribution in [0.5, 0.6) is 5.75 Å². The number of nitrogens with two attached hydrogens (primary N) is 1. The summed E-state index contributed by atoms with van der Waals surface area (Å²) in [7, 11) is 1.69. The van der Waals surface area contributed by atoms with Crippen LogP contribution in [0.4, 0.5) is 0 Å². The molecule has 3 heteroatoms. The van der Waals surface area contributed by atoms with Crippen LogP contribution in [0.25, 0.3) is 0 Å². The Balaban J connectivity index is 2.51. The van der Waals surface area contributed by atoms with Gasteiger partial charge in [0.15, 0.2) is 0 Å². The maximum absolute atomic E-state index is 5.73. The molecular weight excluding hydrogens is 248 g/mol. The maximum Gasteiger partial charge on any atom is 0.118 e. The normalized spacial score (nSPS) is 14.0. The van der Waals surface area contributed by atoms with Gasteiger partial charge in [0.1, 0.15) is 5.75 Å². The maximum atomic E-state index is 5.73. The van der Waals surface area contributed by atoms with Crippen molar-refractivity contribution < 1.29 is 4.74 Å². The van der Waals surface area contributed by atoms with Gasteiger partial charge in [-0.15, -0.1) is 0 Å². The van der Waals surface area contributed by atoms with Crippen LogP contribution < -0.4 is 16.0 Å². The fourth-order valence-corrected chi connectivity index (χ4v) is 2.64. The first-order chi connectivity index (χ1) is 9.73. The summed E-state index contributed by atoms with van der Waals surface area (Å²) >= 11 is 0. The third-order valence-electron chi connectivity index (χ3n) is 4.04. The van der Waals surface area contributed by atoms with Gasteiger partial charge in [0.05, 0.1) is 7.11 Å². The average Bonchev–Trinajstić information content (AvgIpc) is 2.50. The Bertz CT molecular complexity index is 351. The monoisotopic (exact) mass is 278 g/mol. The molecule has 114 valence electrons. The Kier molecular flexibility index (Phi) is 8.31. The SMILES string of the molecule is CCCCC(CC)CC(Cc1ccc(OC)cc1)NN. The van der Waals surface area contributed by atoms with Gasteiger partial charge >= 0.3 is 0 Å². The Morgan fingerprint density at radius 2 is 1.90 bits per heavy atom. The number of benzene rings is 1. The summed E-state index contributed by atoms with van der Waals surface area (Å²) in [5, 5.41) is 0. The van der Waals surface area contributed by atoms with Crippen LogP contribution >= 0.6 is 0 Å². The molecule has 0 fully saturated rings. The van der Waals surface area contributed by atoms with Gasteiger partial charge in [0.2, 0.25) is 0 Å². The molecule has 0 heterocycles. The first-order valence-electron chi connectivity index (χ1n) is 7.82. The number of hydrogen-bond acceptors (Lipinski definition) is 3. The van der Waals surface area contributed by atoms with Crippen LogP contribution in [-0.2, 0) is 6.42 Å². The number of methoxy groups -OCH3 is 1. The Morgan fingerprint density at radius 1 is 1.20 bits per heavy atom. The highest BCUT2D eigenvalue weighted by Gasteiger charge is 2.14. The molecule has 0 amide bonds. The molecule has 1 aromatic carbocycles. The minimum atomic E-state index is 0.352. The summed E-state index contributed by atoms with van der Waals surface area (Å²) in [6, 6.07) is 8.62. The van der Waals surface area contributed by atoms with Crippen molar-refractivity contribution in [3.8, 4) is 5.75 Å². The third kappa shape index (κ3) is 5.93. The third-order valence-corrected chi connectivity index (χ3v) is 4.04. The first kappa shape index (κ1) is 17.0. The Hall–Kier alpha value is -1.06. The zero-order valence-electron chi connectivity index (χ0n) is 13.2. The highest BCUT2D eigenvalue weighted by molar-refractivity contribution is 5.27. The summed E-state index contributed by atoms with van der Waals surface area (Å²) in [5.74, 6) is 7.41. The topological polar surface area (TPSA) is 47.3 Å². The molecule has 3 N–H and O–H groups in total. The lowest BCUT2D eigenvalue weighted by atomic mass is 9.90. The molecule has 2 unspecified atom stereocenters. The van der Waals surface area contributed by atoms with Crippen molar-refractivity contribution in [2.75, 3.05) is 7.11 Å². The van der Waals surface area contributed by atoms with Gasteiger partial charge in [-0.1, -0.05) is 51.7 Å². The molecule has 0 bridgehead atoms. The van der Waals surface area contributed by atoms with Crippen LogP contribution in [0.2, 0.25) is 0 Å². The van der Waals surface area contributed by atoms with E-state index in [1.807, 2.05) is 12.1 Å². The van der Waals surface area contributed by atoms with Crippen LogP contribution in [0, 0.1) is 5.92 Å². The van der Waals surface area contributed by atoms with Crippen LogP contribution in [0.3, 0.4) is 0 Å². The molecule has 2 atom stereocenters. The molecule has 1 aromatic rings. The van der Waals surface area contributed by atoms with Crippen molar-refractivity contribution in [1.29, 1.82) is 0 Å². The molecule has 1 rings (SSSR count). The largest absolute Gasteiger partial charge is 0.497 e. The van der Waals surface area contributed by atoms with Gasteiger partial charge in [0, 0.05) is 6.04 Å². The van der Waals surface area contributed by atoms with Crippen LogP contribution in [-0.4, -0.2) is 13.2 Å². The van der Waals surface area contributed by atoms with Gasteiger partial charge in [-0.2, -0.15) is 0 Å². The Morgan fingerprint density at radius 3 is 2.40 bits per heavy atom. The summed E-state index contributed by atoms with van der Waals surface area (Å²) in [5.41, 5.74) is 4.29. The van der Waals surface area contributed by atoms with E-state index < -0.39 is 0 Å². The second kappa shape index (κ2) is 9.78. The van der Waals surface area contributed by atoms with Gasteiger partial charge in [-0.05, 0) is 36.5 Å². The summed E-state index contributed by atoms with van der Waals surface area (Å²) < 4.78 is 5.19. The molecule has 0 spiro atoms. The number of hydrogen-bond donors (Lipinski definition) is 2. The minimum Gasteiger partial charge on any atom is -0.497 e. The number of nitrogens with one attached hydrogen (secondary N) is 1. The highest BCUT2D eigenvalue weighted by Crippen LogP contribution is 2.21. The fraction of sp³-hybridized carbons (Fsp3) is 0.647. The number of unbranched alkanes of at least 4 members (excludes halogenated alkanes) is 1. The van der Waals surface area contributed by atoms with E-state index in [0.29, 0.717) is 6.04 Å². The van der Waals surface area contributed by atoms with Gasteiger partial charge in [0.25, 0.3) is 0 Å². The molecule has 0 aromatic heterocycles. The van der Waals surface area contributed by atoms with Crippen LogP contribution in [0.1, 0.15) is 51.5 Å². The lowest BCUT2D eigenvalue weighted by Crippen LogP contribution is -2.38. The van der Waals surface area contributed by atoms with Crippen molar-refractivity contribution in [2.45, 2.75) is 58.4 Å². The fourth-order valence-electron chi connectivity index (χ4n) is 2.64. The van der Waals surface area contributed by atoms with E-state index in [0.717, 1.165) is 24.5 Å². The molecule has 0 aliphatic rings. The van der Waals surface area contributed by atoms with Crippen molar-refractivity contribution in [3.05, 3.63) is 29.8 Å². The molecule has 0 aliphatic heterocycles. The van der Waals surface area contributed by atoms with E-state index in [2.05, 4.69) is 31.4 Å². The van der Waals surface area contributed by atoms with E-state index in [4.69, 9.17) is 10.6 Å². The summed E-state index contributed by atoms with van der Waals surface area (Å²) in [4.78, 5) is 0. The molecule has 0 aliphatic carbocycles. The van der Waals surface area contributed by atoms with Crippen LogP contribution in [0.15, 0.2) is 24.3 Å². The molecule has 0 saturated heterocycles. The standard InChI is InChI=1S/C17H30N2O/c1-4-6-7-14(5-2)12-16(19-18)13-15-8-10-17(20-3)11-9-15/h8-11,14,16,19H,4-7,12-13,18H2,1-3H3. The van der Waals surface area contributed by atoms with E-state index in [-0.39, 0.29) is 0 Å². The van der Waals surface area contributed by atoms with Crippen molar-refractivity contribution in [3.63, 3.8) is 0 Å². The van der Waals surface area contributed by atoms with E-state index in [1.165, 1.54) is 31.2 Å². The first-order valence-corrected chi connectivity index (χ1v) is 7.82. The predicted molar refractivity (Wildman–Crippen MR) is 85.7 cm³/mol. The lowest BCUT2D eigenvalue weighted by molar-refractivity contribution is 0.349.